The zero-order valence-corrected chi connectivity index (χ0v) is 13.1. The lowest BCUT2D eigenvalue weighted by Gasteiger charge is -2.16. The van der Waals surface area contributed by atoms with Crippen LogP contribution in [0.4, 0.5) is 0 Å². The fraction of sp³-hybridized carbons (Fsp3) is 0.333. The first-order valence-electron chi connectivity index (χ1n) is 7.15. The number of nitrogens with one attached hydrogen (secondary N) is 1. The van der Waals surface area contributed by atoms with E-state index in [0.717, 1.165) is 23.6 Å². The maximum atomic E-state index is 5.40. The highest BCUT2D eigenvalue weighted by Gasteiger charge is 2.08. The smallest absolute Gasteiger partial charge is 0.123 e. The predicted octanol–water partition coefficient (Wildman–Crippen LogP) is 3.86. The van der Waals surface area contributed by atoms with Crippen LogP contribution in [-0.2, 0) is 6.54 Å². The zero-order valence-electron chi connectivity index (χ0n) is 13.1. The maximum Gasteiger partial charge on any atom is 0.123 e. The fourth-order valence-electron chi connectivity index (χ4n) is 2.26. The largest absolute Gasteiger partial charge is 0.497 e. The van der Waals surface area contributed by atoms with Crippen LogP contribution in [0.3, 0.4) is 0 Å². The molecule has 3 nitrogen and oxygen atoms in total. The Morgan fingerprint density at radius 1 is 1.00 bits per heavy atom. The number of benzene rings is 2. The zero-order chi connectivity index (χ0) is 15.2. The Labute approximate surface area is 126 Å². The van der Waals surface area contributed by atoms with Crippen molar-refractivity contribution in [3.05, 3.63) is 59.2 Å². The van der Waals surface area contributed by atoms with Gasteiger partial charge in [0, 0.05) is 18.2 Å². The summed E-state index contributed by atoms with van der Waals surface area (Å²) < 4.78 is 10.7. The summed E-state index contributed by atoms with van der Waals surface area (Å²) in [7, 11) is 3.36. The third-order valence-corrected chi connectivity index (χ3v) is 3.66. The number of methoxy groups -OCH3 is 2. The summed E-state index contributed by atoms with van der Waals surface area (Å²) >= 11 is 0. The molecule has 0 aromatic heterocycles. The van der Waals surface area contributed by atoms with Crippen LogP contribution in [0.15, 0.2) is 42.5 Å². The van der Waals surface area contributed by atoms with Crippen molar-refractivity contribution in [3.63, 3.8) is 0 Å². The lowest BCUT2D eigenvalue weighted by Crippen LogP contribution is -2.18. The van der Waals surface area contributed by atoms with E-state index in [2.05, 4.69) is 43.4 Å². The van der Waals surface area contributed by atoms with E-state index in [4.69, 9.17) is 9.47 Å². The van der Waals surface area contributed by atoms with Crippen LogP contribution in [0.1, 0.15) is 29.7 Å². The van der Waals surface area contributed by atoms with E-state index in [0.29, 0.717) is 0 Å². The van der Waals surface area contributed by atoms with Crippen LogP contribution < -0.4 is 14.8 Å². The van der Waals surface area contributed by atoms with Gasteiger partial charge in [-0.2, -0.15) is 0 Å². The average Bonchev–Trinajstić information content (AvgIpc) is 2.52. The van der Waals surface area contributed by atoms with Crippen LogP contribution in [0.5, 0.6) is 11.5 Å². The van der Waals surface area contributed by atoms with Gasteiger partial charge in [-0.3, -0.25) is 0 Å². The third-order valence-electron chi connectivity index (χ3n) is 3.66. The number of aryl methyl sites for hydroxylation is 1. The molecule has 3 heteroatoms. The molecule has 0 aliphatic rings. The highest BCUT2D eigenvalue weighted by Crippen LogP contribution is 2.24. The van der Waals surface area contributed by atoms with Gasteiger partial charge < -0.3 is 14.8 Å². The predicted molar refractivity (Wildman–Crippen MR) is 86.0 cm³/mol. The monoisotopic (exact) mass is 285 g/mol. The van der Waals surface area contributed by atoms with Gasteiger partial charge in [0.1, 0.15) is 11.5 Å². The van der Waals surface area contributed by atoms with E-state index in [1.807, 2.05) is 18.2 Å². The minimum absolute atomic E-state index is 0.279. The molecule has 0 saturated carbocycles. The van der Waals surface area contributed by atoms with Crippen molar-refractivity contribution in [1.82, 2.24) is 5.32 Å². The van der Waals surface area contributed by atoms with Gasteiger partial charge >= 0.3 is 0 Å². The van der Waals surface area contributed by atoms with Gasteiger partial charge in [0.2, 0.25) is 0 Å². The normalized spacial score (nSPS) is 12.0. The summed E-state index contributed by atoms with van der Waals surface area (Å²) in [5.74, 6) is 1.72. The second-order valence-corrected chi connectivity index (χ2v) is 5.19. The SMILES string of the molecule is COc1ccc(OC)c(CNC(C)c2ccc(C)cc2)c1. The molecule has 0 saturated heterocycles. The van der Waals surface area contributed by atoms with Gasteiger partial charge in [0.25, 0.3) is 0 Å². The molecule has 1 atom stereocenters. The molecular formula is C18H23NO2. The molecule has 0 radical (unpaired) electrons. The second-order valence-electron chi connectivity index (χ2n) is 5.19. The van der Waals surface area contributed by atoms with Gasteiger partial charge in [-0.05, 0) is 37.6 Å². The highest BCUT2D eigenvalue weighted by atomic mass is 16.5. The van der Waals surface area contributed by atoms with E-state index in [1.165, 1.54) is 11.1 Å². The molecule has 0 fully saturated rings. The van der Waals surface area contributed by atoms with E-state index >= 15 is 0 Å². The summed E-state index contributed by atoms with van der Waals surface area (Å²) in [4.78, 5) is 0. The van der Waals surface area contributed by atoms with Crippen LogP contribution in [0, 0.1) is 6.92 Å². The maximum absolute atomic E-state index is 5.40. The quantitative estimate of drug-likeness (QED) is 0.874. The second kappa shape index (κ2) is 7.14. The number of hydrogen-bond acceptors (Lipinski definition) is 3. The van der Waals surface area contributed by atoms with Crippen molar-refractivity contribution in [2.75, 3.05) is 14.2 Å². The van der Waals surface area contributed by atoms with Crippen molar-refractivity contribution in [2.24, 2.45) is 0 Å². The fourth-order valence-corrected chi connectivity index (χ4v) is 2.26. The van der Waals surface area contributed by atoms with Gasteiger partial charge in [0.15, 0.2) is 0 Å². The molecule has 0 heterocycles. The summed E-state index contributed by atoms with van der Waals surface area (Å²) in [6, 6.07) is 14.7. The van der Waals surface area contributed by atoms with Gasteiger partial charge in [0.05, 0.1) is 14.2 Å². The summed E-state index contributed by atoms with van der Waals surface area (Å²) in [6.45, 7) is 5.00. The molecule has 1 unspecified atom stereocenters. The van der Waals surface area contributed by atoms with Crippen LogP contribution >= 0.6 is 0 Å². The van der Waals surface area contributed by atoms with Gasteiger partial charge in [-0.15, -0.1) is 0 Å². The van der Waals surface area contributed by atoms with E-state index in [-0.39, 0.29) is 6.04 Å². The first-order chi connectivity index (χ1) is 10.1. The standard InChI is InChI=1S/C18H23NO2/c1-13-5-7-15(8-6-13)14(2)19-12-16-11-17(20-3)9-10-18(16)21-4/h5-11,14,19H,12H2,1-4H3. The lowest BCUT2D eigenvalue weighted by atomic mass is 10.1. The molecule has 2 aromatic carbocycles. The van der Waals surface area contributed by atoms with Crippen molar-refractivity contribution in [3.8, 4) is 11.5 Å². The van der Waals surface area contributed by atoms with Crippen LogP contribution in [0.25, 0.3) is 0 Å². The Morgan fingerprint density at radius 2 is 1.71 bits per heavy atom. The highest BCUT2D eigenvalue weighted by molar-refractivity contribution is 5.40. The van der Waals surface area contributed by atoms with Gasteiger partial charge in [-0.1, -0.05) is 29.8 Å². The minimum atomic E-state index is 0.279. The Bertz CT molecular complexity index is 578. The summed E-state index contributed by atoms with van der Waals surface area (Å²) in [6.07, 6.45) is 0. The minimum Gasteiger partial charge on any atom is -0.497 e. The number of rotatable bonds is 6. The lowest BCUT2D eigenvalue weighted by molar-refractivity contribution is 0.395. The Morgan fingerprint density at radius 3 is 2.33 bits per heavy atom. The van der Waals surface area contributed by atoms with Crippen LogP contribution in [-0.4, -0.2) is 14.2 Å². The first kappa shape index (κ1) is 15.4. The molecule has 0 amide bonds. The number of ether oxygens (including phenoxy) is 2. The molecule has 2 rings (SSSR count). The first-order valence-corrected chi connectivity index (χ1v) is 7.15. The Kier molecular flexibility index (Phi) is 5.23. The van der Waals surface area contributed by atoms with Crippen molar-refractivity contribution in [2.45, 2.75) is 26.4 Å². The van der Waals surface area contributed by atoms with Crippen LogP contribution in [0.2, 0.25) is 0 Å². The molecule has 0 aliphatic carbocycles. The van der Waals surface area contributed by atoms with Crippen molar-refractivity contribution >= 4 is 0 Å². The molecule has 21 heavy (non-hydrogen) atoms. The van der Waals surface area contributed by atoms with Crippen molar-refractivity contribution < 1.29 is 9.47 Å². The van der Waals surface area contributed by atoms with Gasteiger partial charge in [-0.25, -0.2) is 0 Å². The Balaban J connectivity index is 2.06. The summed E-state index contributed by atoms with van der Waals surface area (Å²) in [5.41, 5.74) is 3.65. The summed E-state index contributed by atoms with van der Waals surface area (Å²) in [5, 5.41) is 3.53. The molecule has 2 aromatic rings. The average molecular weight is 285 g/mol. The molecule has 0 aliphatic heterocycles. The molecule has 0 spiro atoms. The molecular weight excluding hydrogens is 262 g/mol. The van der Waals surface area contributed by atoms with E-state index in [1.54, 1.807) is 14.2 Å². The Hall–Kier alpha value is -2.00. The van der Waals surface area contributed by atoms with E-state index in [9.17, 15) is 0 Å². The molecule has 0 bridgehead atoms. The molecule has 112 valence electrons. The topological polar surface area (TPSA) is 30.5 Å². The number of hydrogen-bond donors (Lipinski definition) is 1. The van der Waals surface area contributed by atoms with E-state index < -0.39 is 0 Å². The molecule has 1 N–H and O–H groups in total. The van der Waals surface area contributed by atoms with Crippen molar-refractivity contribution in [1.29, 1.82) is 0 Å². The third kappa shape index (κ3) is 3.99.